The van der Waals surface area contributed by atoms with Crippen LogP contribution in [0.15, 0.2) is 12.7 Å². The number of nitrogens with zero attached hydrogens (tertiary/aromatic N) is 1. The largest absolute Gasteiger partial charge is 0.466 e. The summed E-state index contributed by atoms with van der Waals surface area (Å²) in [6.07, 6.45) is 1.95. The monoisotopic (exact) mass is 199 g/mol. The van der Waals surface area contributed by atoms with Crippen LogP contribution in [0.4, 0.5) is 0 Å². The van der Waals surface area contributed by atoms with Gasteiger partial charge in [-0.15, -0.1) is 0 Å². The quantitative estimate of drug-likeness (QED) is 0.364. The zero-order valence-corrected chi connectivity index (χ0v) is 8.78. The van der Waals surface area contributed by atoms with Crippen LogP contribution in [0.3, 0.4) is 0 Å². The van der Waals surface area contributed by atoms with Gasteiger partial charge in [-0.05, 0) is 19.4 Å². The summed E-state index contributed by atoms with van der Waals surface area (Å²) in [5.74, 6) is -0.376. The molecule has 0 atom stereocenters. The molecular formula is C10H17NO3. The van der Waals surface area contributed by atoms with Crippen LogP contribution in [0.5, 0.6) is 0 Å². The Balaban J connectivity index is 3.68. The number of likely N-dealkylation sites (N-methyl/N-ethyl adjacent to an activating group) is 1. The highest BCUT2D eigenvalue weighted by Gasteiger charge is 2.06. The average Bonchev–Trinajstić information content (AvgIpc) is 2.16. The van der Waals surface area contributed by atoms with Crippen LogP contribution in [-0.4, -0.2) is 36.5 Å². The van der Waals surface area contributed by atoms with E-state index < -0.39 is 0 Å². The summed E-state index contributed by atoms with van der Waals surface area (Å²) in [7, 11) is 0. The SMILES string of the molecule is C=CC(=O)N(CC)CCCOC(C)=O. The number of rotatable bonds is 6. The number of carbonyl (C=O) groups is 2. The molecule has 1 amide bonds. The molecule has 0 saturated heterocycles. The van der Waals surface area contributed by atoms with Gasteiger partial charge in [0.25, 0.3) is 0 Å². The third-order valence-corrected chi connectivity index (χ3v) is 1.75. The summed E-state index contributed by atoms with van der Waals surface area (Å²) >= 11 is 0. The molecule has 0 fully saturated rings. The van der Waals surface area contributed by atoms with E-state index in [1.54, 1.807) is 4.90 Å². The van der Waals surface area contributed by atoms with Gasteiger partial charge in [0.05, 0.1) is 6.61 Å². The van der Waals surface area contributed by atoms with Crippen LogP contribution in [0.25, 0.3) is 0 Å². The van der Waals surface area contributed by atoms with Gasteiger partial charge in [-0.3, -0.25) is 9.59 Å². The summed E-state index contributed by atoms with van der Waals surface area (Å²) in [6, 6.07) is 0. The van der Waals surface area contributed by atoms with Crippen molar-refractivity contribution in [2.24, 2.45) is 0 Å². The summed E-state index contributed by atoms with van der Waals surface area (Å²) < 4.78 is 4.75. The van der Waals surface area contributed by atoms with Gasteiger partial charge < -0.3 is 9.64 Å². The molecule has 4 nitrogen and oxygen atoms in total. The minimum Gasteiger partial charge on any atom is -0.466 e. The fourth-order valence-electron chi connectivity index (χ4n) is 1.02. The smallest absolute Gasteiger partial charge is 0.302 e. The van der Waals surface area contributed by atoms with Crippen LogP contribution in [0.2, 0.25) is 0 Å². The lowest BCUT2D eigenvalue weighted by molar-refractivity contribution is -0.141. The number of ether oxygens (including phenoxy) is 1. The van der Waals surface area contributed by atoms with Crippen LogP contribution in [0.1, 0.15) is 20.3 Å². The Hall–Kier alpha value is -1.32. The second kappa shape index (κ2) is 7.12. The fourth-order valence-corrected chi connectivity index (χ4v) is 1.02. The predicted octanol–water partition coefficient (Wildman–Crippen LogP) is 0.974. The molecule has 0 saturated carbocycles. The van der Waals surface area contributed by atoms with E-state index in [2.05, 4.69) is 6.58 Å². The number of amides is 1. The molecule has 14 heavy (non-hydrogen) atoms. The van der Waals surface area contributed by atoms with E-state index in [0.29, 0.717) is 26.1 Å². The van der Waals surface area contributed by atoms with Crippen LogP contribution in [-0.2, 0) is 14.3 Å². The predicted molar refractivity (Wildman–Crippen MR) is 53.7 cm³/mol. The van der Waals surface area contributed by atoms with Gasteiger partial charge in [-0.25, -0.2) is 0 Å². The maximum atomic E-state index is 11.2. The molecule has 80 valence electrons. The lowest BCUT2D eigenvalue weighted by Crippen LogP contribution is -2.30. The van der Waals surface area contributed by atoms with E-state index in [9.17, 15) is 9.59 Å². The minimum absolute atomic E-state index is 0.0877. The molecule has 0 spiro atoms. The second-order valence-electron chi connectivity index (χ2n) is 2.82. The molecule has 0 aromatic carbocycles. The normalized spacial score (nSPS) is 9.29. The Morgan fingerprint density at radius 1 is 1.50 bits per heavy atom. The van der Waals surface area contributed by atoms with E-state index in [-0.39, 0.29) is 11.9 Å². The molecule has 0 radical (unpaired) electrons. The van der Waals surface area contributed by atoms with Crippen molar-refractivity contribution in [2.45, 2.75) is 20.3 Å². The Kier molecular flexibility index (Phi) is 6.45. The van der Waals surface area contributed by atoms with E-state index in [1.165, 1.54) is 13.0 Å². The molecule has 0 bridgehead atoms. The van der Waals surface area contributed by atoms with Crippen molar-refractivity contribution in [3.63, 3.8) is 0 Å². The fraction of sp³-hybridized carbons (Fsp3) is 0.600. The molecule has 0 aliphatic rings. The minimum atomic E-state index is -0.289. The third kappa shape index (κ3) is 5.35. The molecule has 0 aliphatic carbocycles. The van der Waals surface area contributed by atoms with Crippen LogP contribution < -0.4 is 0 Å². The Morgan fingerprint density at radius 2 is 2.14 bits per heavy atom. The molecule has 0 aromatic heterocycles. The summed E-state index contributed by atoms with van der Waals surface area (Å²) in [6.45, 7) is 8.27. The maximum Gasteiger partial charge on any atom is 0.302 e. The average molecular weight is 199 g/mol. The summed E-state index contributed by atoms with van der Waals surface area (Å²) in [5.41, 5.74) is 0. The van der Waals surface area contributed by atoms with Crippen LogP contribution in [0, 0.1) is 0 Å². The first-order valence-corrected chi connectivity index (χ1v) is 4.66. The molecule has 0 heterocycles. The molecule has 0 N–H and O–H groups in total. The van der Waals surface area contributed by atoms with E-state index in [4.69, 9.17) is 4.74 Å². The molecule has 0 aliphatic heterocycles. The third-order valence-electron chi connectivity index (χ3n) is 1.75. The number of hydrogen-bond acceptors (Lipinski definition) is 3. The number of hydrogen-bond donors (Lipinski definition) is 0. The van der Waals surface area contributed by atoms with Crippen molar-refractivity contribution in [1.29, 1.82) is 0 Å². The first-order valence-electron chi connectivity index (χ1n) is 4.66. The number of carbonyl (C=O) groups excluding carboxylic acids is 2. The highest BCUT2D eigenvalue weighted by Crippen LogP contribution is 1.94. The van der Waals surface area contributed by atoms with Crippen molar-refractivity contribution in [3.8, 4) is 0 Å². The highest BCUT2D eigenvalue weighted by atomic mass is 16.5. The van der Waals surface area contributed by atoms with Gasteiger partial charge in [0.1, 0.15) is 0 Å². The Morgan fingerprint density at radius 3 is 2.57 bits per heavy atom. The molecule has 0 aromatic rings. The second-order valence-corrected chi connectivity index (χ2v) is 2.82. The molecule has 0 unspecified atom stereocenters. The van der Waals surface area contributed by atoms with Gasteiger partial charge in [0.2, 0.25) is 5.91 Å². The van der Waals surface area contributed by atoms with Gasteiger partial charge in [-0.2, -0.15) is 0 Å². The van der Waals surface area contributed by atoms with Gasteiger partial charge in [-0.1, -0.05) is 6.58 Å². The topological polar surface area (TPSA) is 46.6 Å². The van der Waals surface area contributed by atoms with Crippen molar-refractivity contribution in [3.05, 3.63) is 12.7 Å². The zero-order valence-electron chi connectivity index (χ0n) is 8.78. The van der Waals surface area contributed by atoms with E-state index in [1.807, 2.05) is 6.92 Å². The molecule has 4 heteroatoms. The van der Waals surface area contributed by atoms with Gasteiger partial charge in [0, 0.05) is 20.0 Å². The molecular weight excluding hydrogens is 182 g/mol. The van der Waals surface area contributed by atoms with E-state index in [0.717, 1.165) is 0 Å². The number of esters is 1. The first kappa shape index (κ1) is 12.7. The molecule has 0 rings (SSSR count). The van der Waals surface area contributed by atoms with Crippen molar-refractivity contribution < 1.29 is 14.3 Å². The van der Waals surface area contributed by atoms with E-state index >= 15 is 0 Å². The lowest BCUT2D eigenvalue weighted by atomic mass is 10.3. The summed E-state index contributed by atoms with van der Waals surface area (Å²) in [4.78, 5) is 23.2. The standard InChI is InChI=1S/C10H17NO3/c1-4-10(13)11(5-2)7-6-8-14-9(3)12/h4H,1,5-8H2,2-3H3. The van der Waals surface area contributed by atoms with Crippen molar-refractivity contribution in [2.75, 3.05) is 19.7 Å². The highest BCUT2D eigenvalue weighted by molar-refractivity contribution is 5.86. The Labute approximate surface area is 84.5 Å². The zero-order chi connectivity index (χ0) is 11.0. The van der Waals surface area contributed by atoms with Crippen LogP contribution >= 0.6 is 0 Å². The van der Waals surface area contributed by atoms with Gasteiger partial charge >= 0.3 is 5.97 Å². The van der Waals surface area contributed by atoms with Crippen molar-refractivity contribution in [1.82, 2.24) is 4.90 Å². The van der Waals surface area contributed by atoms with Gasteiger partial charge in [0.15, 0.2) is 0 Å². The lowest BCUT2D eigenvalue weighted by Gasteiger charge is -2.18. The van der Waals surface area contributed by atoms with Crippen molar-refractivity contribution >= 4 is 11.9 Å². The summed E-state index contributed by atoms with van der Waals surface area (Å²) in [5, 5.41) is 0. The first-order chi connectivity index (χ1) is 6.61. The maximum absolute atomic E-state index is 11.2. The Bertz CT molecular complexity index is 213.